The number of amides is 2. The van der Waals surface area contributed by atoms with E-state index >= 15 is 0 Å². The zero-order chi connectivity index (χ0) is 20.0. The largest absolute Gasteiger partial charge is 0.348 e. The molecule has 0 aliphatic rings. The molecule has 0 heterocycles. The molecule has 2 aromatic carbocycles. The zero-order valence-electron chi connectivity index (χ0n) is 16.7. The summed E-state index contributed by atoms with van der Waals surface area (Å²) in [5.74, 6) is -0.232. The van der Waals surface area contributed by atoms with Gasteiger partial charge in [0.15, 0.2) is 0 Å². The van der Waals surface area contributed by atoms with Crippen molar-refractivity contribution in [2.24, 2.45) is 0 Å². The van der Waals surface area contributed by atoms with E-state index in [9.17, 15) is 9.59 Å². The number of likely N-dealkylation sites (N-methyl/N-ethyl adjacent to an activating group) is 1. The molecule has 2 amide bonds. The van der Waals surface area contributed by atoms with Crippen LogP contribution in [0.2, 0.25) is 0 Å². The fourth-order valence-corrected chi connectivity index (χ4v) is 2.86. The summed E-state index contributed by atoms with van der Waals surface area (Å²) in [4.78, 5) is 26.4. The van der Waals surface area contributed by atoms with Crippen LogP contribution in [0, 0.1) is 13.8 Å². The van der Waals surface area contributed by atoms with E-state index in [2.05, 4.69) is 36.6 Å². The highest BCUT2D eigenvalue weighted by molar-refractivity contribution is 5.84. The summed E-state index contributed by atoms with van der Waals surface area (Å²) in [6.07, 6.45) is 0. The number of nitrogens with one attached hydrogen (secondary N) is 2. The van der Waals surface area contributed by atoms with Crippen molar-refractivity contribution in [3.05, 3.63) is 70.8 Å². The van der Waals surface area contributed by atoms with Gasteiger partial charge in [0, 0.05) is 14.1 Å². The van der Waals surface area contributed by atoms with Crippen LogP contribution in [-0.2, 0) is 9.59 Å². The SMILES string of the molecule is Cc1ccc([C@H](C)NC(=O)CN[C@H](C(=O)N(C)C)c2ccccc2)cc1C. The maximum atomic E-state index is 12.5. The van der Waals surface area contributed by atoms with Crippen LogP contribution in [0.4, 0.5) is 0 Å². The van der Waals surface area contributed by atoms with Crippen molar-refractivity contribution < 1.29 is 9.59 Å². The summed E-state index contributed by atoms with van der Waals surface area (Å²) < 4.78 is 0. The van der Waals surface area contributed by atoms with Gasteiger partial charge in [0.05, 0.1) is 12.6 Å². The van der Waals surface area contributed by atoms with E-state index in [1.54, 1.807) is 14.1 Å². The summed E-state index contributed by atoms with van der Waals surface area (Å²) in [6, 6.07) is 15.0. The monoisotopic (exact) mass is 367 g/mol. The number of aryl methyl sites for hydroxylation is 2. The maximum absolute atomic E-state index is 12.5. The zero-order valence-corrected chi connectivity index (χ0v) is 16.7. The molecule has 0 unspecified atom stereocenters. The molecule has 0 aromatic heterocycles. The standard InChI is InChI=1S/C22H29N3O2/c1-15-11-12-19(13-16(15)2)17(3)24-20(26)14-23-21(22(27)25(4)5)18-9-7-6-8-10-18/h6-13,17,21,23H,14H2,1-5H3,(H,24,26)/t17-,21-/m0/s1. The Morgan fingerprint density at radius 2 is 1.63 bits per heavy atom. The fraction of sp³-hybridized carbons (Fsp3) is 0.364. The van der Waals surface area contributed by atoms with E-state index < -0.39 is 6.04 Å². The molecule has 2 aromatic rings. The quantitative estimate of drug-likeness (QED) is 0.791. The number of rotatable bonds is 7. The molecule has 5 heteroatoms. The molecule has 0 saturated heterocycles. The Hall–Kier alpha value is -2.66. The lowest BCUT2D eigenvalue weighted by Crippen LogP contribution is -2.42. The van der Waals surface area contributed by atoms with E-state index in [-0.39, 0.29) is 24.4 Å². The van der Waals surface area contributed by atoms with Crippen molar-refractivity contribution in [2.75, 3.05) is 20.6 Å². The number of carbonyl (C=O) groups excluding carboxylic acids is 2. The van der Waals surface area contributed by atoms with Crippen LogP contribution in [-0.4, -0.2) is 37.4 Å². The predicted molar refractivity (Wildman–Crippen MR) is 108 cm³/mol. The molecule has 0 bridgehead atoms. The molecular weight excluding hydrogens is 338 g/mol. The molecule has 0 fully saturated rings. The Bertz CT molecular complexity index is 787. The third-order valence-corrected chi connectivity index (χ3v) is 4.70. The average molecular weight is 367 g/mol. The van der Waals surface area contributed by atoms with Crippen molar-refractivity contribution in [3.8, 4) is 0 Å². The Morgan fingerprint density at radius 1 is 0.963 bits per heavy atom. The van der Waals surface area contributed by atoms with E-state index in [1.165, 1.54) is 16.0 Å². The number of carbonyl (C=O) groups is 2. The lowest BCUT2D eigenvalue weighted by molar-refractivity contribution is -0.131. The van der Waals surface area contributed by atoms with Gasteiger partial charge in [-0.05, 0) is 43.0 Å². The lowest BCUT2D eigenvalue weighted by atomic mass is 10.0. The molecule has 0 radical (unpaired) electrons. The van der Waals surface area contributed by atoms with Crippen LogP contribution < -0.4 is 10.6 Å². The first-order valence-corrected chi connectivity index (χ1v) is 9.15. The minimum absolute atomic E-state index is 0.0638. The normalized spacial score (nSPS) is 12.9. The van der Waals surface area contributed by atoms with Crippen LogP contribution in [0.15, 0.2) is 48.5 Å². The van der Waals surface area contributed by atoms with Crippen LogP contribution in [0.25, 0.3) is 0 Å². The van der Waals surface area contributed by atoms with Crippen molar-refractivity contribution in [1.29, 1.82) is 0 Å². The van der Waals surface area contributed by atoms with Crippen LogP contribution in [0.5, 0.6) is 0 Å². The summed E-state index contributed by atoms with van der Waals surface area (Å²) in [6.45, 7) is 6.15. The summed E-state index contributed by atoms with van der Waals surface area (Å²) in [5.41, 5.74) is 4.33. The fourth-order valence-electron chi connectivity index (χ4n) is 2.86. The van der Waals surface area contributed by atoms with Gasteiger partial charge in [-0.1, -0.05) is 48.5 Å². The van der Waals surface area contributed by atoms with E-state index in [1.807, 2.05) is 43.3 Å². The molecule has 0 aliphatic carbocycles. The van der Waals surface area contributed by atoms with Crippen molar-refractivity contribution >= 4 is 11.8 Å². The third kappa shape index (κ3) is 5.66. The van der Waals surface area contributed by atoms with Crippen molar-refractivity contribution in [2.45, 2.75) is 32.9 Å². The predicted octanol–water partition coefficient (Wildman–Crippen LogP) is 2.90. The topological polar surface area (TPSA) is 61.4 Å². The molecular formula is C22H29N3O2. The Kier molecular flexibility index (Phi) is 7.13. The average Bonchev–Trinajstić information content (AvgIpc) is 2.64. The van der Waals surface area contributed by atoms with Gasteiger partial charge in [-0.25, -0.2) is 0 Å². The Labute approximate surface area is 161 Å². The molecule has 0 saturated carbocycles. The third-order valence-electron chi connectivity index (χ3n) is 4.70. The van der Waals surface area contributed by atoms with Gasteiger partial charge in [-0.3, -0.25) is 14.9 Å². The first-order valence-electron chi connectivity index (χ1n) is 9.15. The van der Waals surface area contributed by atoms with Gasteiger partial charge in [0.2, 0.25) is 11.8 Å². The van der Waals surface area contributed by atoms with Crippen LogP contribution in [0.3, 0.4) is 0 Å². The first-order chi connectivity index (χ1) is 12.8. The summed E-state index contributed by atoms with van der Waals surface area (Å²) >= 11 is 0. The van der Waals surface area contributed by atoms with E-state index in [4.69, 9.17) is 0 Å². The smallest absolute Gasteiger partial charge is 0.243 e. The summed E-state index contributed by atoms with van der Waals surface area (Å²) in [5, 5.41) is 6.08. The first kappa shape index (κ1) is 20.6. The van der Waals surface area contributed by atoms with E-state index in [0.29, 0.717) is 0 Å². The minimum atomic E-state index is -0.552. The van der Waals surface area contributed by atoms with Gasteiger partial charge in [0.1, 0.15) is 6.04 Å². The van der Waals surface area contributed by atoms with Gasteiger partial charge in [-0.15, -0.1) is 0 Å². The van der Waals surface area contributed by atoms with Crippen LogP contribution >= 0.6 is 0 Å². The van der Waals surface area contributed by atoms with Gasteiger partial charge in [0.25, 0.3) is 0 Å². The highest BCUT2D eigenvalue weighted by atomic mass is 16.2. The highest BCUT2D eigenvalue weighted by Gasteiger charge is 2.22. The Balaban J connectivity index is 2.00. The molecule has 5 nitrogen and oxygen atoms in total. The number of hydrogen-bond donors (Lipinski definition) is 2. The van der Waals surface area contributed by atoms with Gasteiger partial charge < -0.3 is 10.2 Å². The number of benzene rings is 2. The molecule has 0 aliphatic heterocycles. The second-order valence-corrected chi connectivity index (χ2v) is 7.09. The van der Waals surface area contributed by atoms with Gasteiger partial charge in [-0.2, -0.15) is 0 Å². The van der Waals surface area contributed by atoms with Crippen LogP contribution in [0.1, 0.15) is 41.3 Å². The lowest BCUT2D eigenvalue weighted by Gasteiger charge is -2.22. The number of nitrogens with zero attached hydrogens (tertiary/aromatic N) is 1. The molecule has 2 N–H and O–H groups in total. The van der Waals surface area contributed by atoms with Crippen molar-refractivity contribution in [1.82, 2.24) is 15.5 Å². The maximum Gasteiger partial charge on any atom is 0.243 e. The Morgan fingerprint density at radius 3 is 2.22 bits per heavy atom. The van der Waals surface area contributed by atoms with Crippen molar-refractivity contribution in [3.63, 3.8) is 0 Å². The molecule has 27 heavy (non-hydrogen) atoms. The second kappa shape index (κ2) is 9.33. The van der Waals surface area contributed by atoms with E-state index in [0.717, 1.165) is 11.1 Å². The molecule has 2 atom stereocenters. The summed E-state index contributed by atoms with van der Waals surface area (Å²) in [7, 11) is 3.42. The number of hydrogen-bond acceptors (Lipinski definition) is 3. The molecule has 144 valence electrons. The highest BCUT2D eigenvalue weighted by Crippen LogP contribution is 2.17. The van der Waals surface area contributed by atoms with Gasteiger partial charge >= 0.3 is 0 Å². The minimum Gasteiger partial charge on any atom is -0.348 e. The molecule has 0 spiro atoms. The molecule has 2 rings (SSSR count). The second-order valence-electron chi connectivity index (χ2n) is 7.09.